The number of hydrogen-bond donors (Lipinski definition) is 2. The predicted octanol–water partition coefficient (Wildman–Crippen LogP) is 3.61. The molecule has 0 heterocycles. The summed E-state index contributed by atoms with van der Waals surface area (Å²) in [6.07, 6.45) is -3.52. The molecule has 0 spiro atoms. The van der Waals surface area contributed by atoms with Gasteiger partial charge in [-0.2, -0.15) is 13.2 Å². The number of halogens is 4. The minimum atomic E-state index is -5.06. The Balaban J connectivity index is 2.39. The van der Waals surface area contributed by atoms with E-state index >= 15 is 0 Å². The first-order chi connectivity index (χ1) is 11.1. The van der Waals surface area contributed by atoms with Gasteiger partial charge in [0, 0.05) is 0 Å². The van der Waals surface area contributed by atoms with Gasteiger partial charge in [-0.15, -0.1) is 0 Å². The van der Waals surface area contributed by atoms with Crippen molar-refractivity contribution in [3.63, 3.8) is 0 Å². The van der Waals surface area contributed by atoms with Crippen LogP contribution in [0.2, 0.25) is 0 Å². The fourth-order valence-corrected chi connectivity index (χ4v) is 3.20. The highest BCUT2D eigenvalue weighted by Gasteiger charge is 2.45. The van der Waals surface area contributed by atoms with Crippen LogP contribution in [-0.2, 0) is 11.0 Å². The van der Waals surface area contributed by atoms with Crippen LogP contribution >= 0.6 is 0 Å². The molecular formula is C16H17F4NO3. The summed E-state index contributed by atoms with van der Waals surface area (Å²) in [5.41, 5.74) is -4.24. The van der Waals surface area contributed by atoms with Crippen molar-refractivity contribution in [2.24, 2.45) is 5.92 Å². The lowest BCUT2D eigenvalue weighted by Gasteiger charge is -2.37. The second kappa shape index (κ2) is 6.41. The fraction of sp³-hybridized carbons (Fsp3) is 0.500. The average Bonchev–Trinajstić information content (AvgIpc) is 2.45. The smallest absolute Gasteiger partial charge is 0.420 e. The molecule has 0 aromatic heterocycles. The van der Waals surface area contributed by atoms with Crippen molar-refractivity contribution in [2.45, 2.75) is 44.3 Å². The first-order valence-corrected chi connectivity index (χ1v) is 7.48. The van der Waals surface area contributed by atoms with Gasteiger partial charge in [0.2, 0.25) is 0 Å². The zero-order valence-electron chi connectivity index (χ0n) is 12.9. The summed E-state index contributed by atoms with van der Waals surface area (Å²) in [5, 5.41) is 11.7. The van der Waals surface area contributed by atoms with E-state index in [9.17, 15) is 32.3 Å². The van der Waals surface area contributed by atoms with Crippen LogP contribution in [-0.4, -0.2) is 22.5 Å². The minimum Gasteiger partial charge on any atom is -0.480 e. The molecule has 2 atom stereocenters. The molecule has 8 heteroatoms. The first kappa shape index (κ1) is 18.2. The molecule has 1 aliphatic rings. The Morgan fingerprint density at radius 1 is 1.33 bits per heavy atom. The number of carboxylic acid groups (broad SMARTS) is 1. The number of rotatable bonds is 3. The van der Waals surface area contributed by atoms with Crippen molar-refractivity contribution in [3.05, 3.63) is 35.1 Å². The molecule has 1 amide bonds. The summed E-state index contributed by atoms with van der Waals surface area (Å²) in [5.74, 6) is -4.10. The molecule has 1 aliphatic carbocycles. The molecule has 132 valence electrons. The van der Waals surface area contributed by atoms with Gasteiger partial charge in [0.05, 0.1) is 5.56 Å². The van der Waals surface area contributed by atoms with Crippen LogP contribution in [0.15, 0.2) is 18.2 Å². The summed E-state index contributed by atoms with van der Waals surface area (Å²) < 4.78 is 52.7. The van der Waals surface area contributed by atoms with Crippen molar-refractivity contribution in [3.8, 4) is 0 Å². The van der Waals surface area contributed by atoms with E-state index in [-0.39, 0.29) is 18.8 Å². The number of alkyl halides is 3. The summed E-state index contributed by atoms with van der Waals surface area (Å²) in [6, 6.07) is 2.43. The monoisotopic (exact) mass is 347 g/mol. The summed E-state index contributed by atoms with van der Waals surface area (Å²) in [6.45, 7) is 1.81. The fourth-order valence-electron chi connectivity index (χ4n) is 3.20. The van der Waals surface area contributed by atoms with Crippen LogP contribution in [0.4, 0.5) is 17.6 Å². The lowest BCUT2D eigenvalue weighted by Crippen LogP contribution is -2.57. The molecule has 1 saturated carbocycles. The van der Waals surface area contributed by atoms with E-state index in [1.807, 2.05) is 6.92 Å². The van der Waals surface area contributed by atoms with Crippen LogP contribution in [0.1, 0.15) is 48.5 Å². The molecule has 1 aromatic carbocycles. The summed E-state index contributed by atoms with van der Waals surface area (Å²) in [4.78, 5) is 23.9. The quantitative estimate of drug-likeness (QED) is 0.821. The topological polar surface area (TPSA) is 66.4 Å². The second-order valence-electron chi connectivity index (χ2n) is 6.20. The van der Waals surface area contributed by atoms with Gasteiger partial charge < -0.3 is 10.4 Å². The third-order valence-electron chi connectivity index (χ3n) is 4.30. The highest BCUT2D eigenvalue weighted by molar-refractivity contribution is 5.99. The van der Waals surface area contributed by atoms with Gasteiger partial charge in [0.15, 0.2) is 0 Å². The van der Waals surface area contributed by atoms with E-state index < -0.39 is 40.5 Å². The lowest BCUT2D eigenvalue weighted by atomic mass is 9.76. The van der Waals surface area contributed by atoms with Crippen LogP contribution in [0.25, 0.3) is 0 Å². The molecule has 24 heavy (non-hydrogen) atoms. The molecular weight excluding hydrogens is 330 g/mol. The number of aliphatic carboxylic acids is 1. The van der Waals surface area contributed by atoms with Crippen LogP contribution in [0, 0.1) is 11.7 Å². The zero-order chi connectivity index (χ0) is 18.1. The van der Waals surface area contributed by atoms with Gasteiger partial charge in [0.1, 0.15) is 16.9 Å². The SMILES string of the molecule is CC1CCCC(NC(=O)c2cccc(F)c2C(F)(F)F)(C(=O)O)C1. The standard InChI is InChI=1S/C16H17F4NO3/c1-9-4-3-7-15(8-9,14(23)24)21-13(22)10-5-2-6-11(17)12(10)16(18,19)20/h2,5-6,9H,3-4,7-8H2,1H3,(H,21,22)(H,23,24). The highest BCUT2D eigenvalue weighted by atomic mass is 19.4. The number of carboxylic acids is 1. The number of nitrogens with one attached hydrogen (secondary N) is 1. The van der Waals surface area contributed by atoms with E-state index in [0.29, 0.717) is 12.5 Å². The highest BCUT2D eigenvalue weighted by Crippen LogP contribution is 2.36. The second-order valence-corrected chi connectivity index (χ2v) is 6.20. The number of benzene rings is 1. The first-order valence-electron chi connectivity index (χ1n) is 7.48. The largest absolute Gasteiger partial charge is 0.480 e. The molecule has 4 nitrogen and oxygen atoms in total. The van der Waals surface area contributed by atoms with Crippen molar-refractivity contribution in [2.75, 3.05) is 0 Å². The van der Waals surface area contributed by atoms with Crippen LogP contribution in [0.5, 0.6) is 0 Å². The molecule has 0 aliphatic heterocycles. The van der Waals surface area contributed by atoms with Crippen molar-refractivity contribution < 1.29 is 32.3 Å². The third kappa shape index (κ3) is 3.52. The minimum absolute atomic E-state index is 0.00439. The molecule has 0 bridgehead atoms. The van der Waals surface area contributed by atoms with Gasteiger partial charge >= 0.3 is 12.1 Å². The Morgan fingerprint density at radius 2 is 2.00 bits per heavy atom. The van der Waals surface area contributed by atoms with E-state index in [0.717, 1.165) is 18.6 Å². The Hall–Kier alpha value is -2.12. The summed E-state index contributed by atoms with van der Waals surface area (Å²) >= 11 is 0. The third-order valence-corrected chi connectivity index (χ3v) is 4.30. The van der Waals surface area contributed by atoms with Crippen molar-refractivity contribution >= 4 is 11.9 Å². The van der Waals surface area contributed by atoms with Gasteiger partial charge in [-0.3, -0.25) is 4.79 Å². The normalized spacial score (nSPS) is 24.5. The predicted molar refractivity (Wildman–Crippen MR) is 76.9 cm³/mol. The van der Waals surface area contributed by atoms with Crippen molar-refractivity contribution in [1.29, 1.82) is 0 Å². The Morgan fingerprint density at radius 3 is 2.54 bits per heavy atom. The molecule has 1 aromatic rings. The van der Waals surface area contributed by atoms with Gasteiger partial charge in [0.25, 0.3) is 5.91 Å². The Labute approximate surface area is 135 Å². The van der Waals surface area contributed by atoms with Gasteiger partial charge in [-0.25, -0.2) is 9.18 Å². The molecule has 2 N–H and O–H groups in total. The maximum Gasteiger partial charge on any atom is 0.420 e. The van der Waals surface area contributed by atoms with E-state index in [2.05, 4.69) is 5.32 Å². The van der Waals surface area contributed by atoms with E-state index in [1.165, 1.54) is 0 Å². The number of carbonyl (C=O) groups is 2. The maximum atomic E-state index is 13.6. The zero-order valence-corrected chi connectivity index (χ0v) is 12.9. The summed E-state index contributed by atoms with van der Waals surface area (Å²) in [7, 11) is 0. The van der Waals surface area contributed by atoms with Crippen molar-refractivity contribution in [1.82, 2.24) is 5.32 Å². The maximum absolute atomic E-state index is 13.6. The van der Waals surface area contributed by atoms with E-state index in [4.69, 9.17) is 0 Å². The van der Waals surface area contributed by atoms with E-state index in [1.54, 1.807) is 0 Å². The average molecular weight is 347 g/mol. The number of hydrogen-bond acceptors (Lipinski definition) is 2. The molecule has 1 fully saturated rings. The molecule has 0 radical (unpaired) electrons. The number of carbonyl (C=O) groups excluding carboxylic acids is 1. The van der Waals surface area contributed by atoms with Gasteiger partial charge in [-0.1, -0.05) is 25.8 Å². The molecule has 2 rings (SSSR count). The molecule has 2 unspecified atom stereocenters. The number of amides is 1. The Bertz CT molecular complexity index is 659. The lowest BCUT2D eigenvalue weighted by molar-refractivity contribution is -0.146. The molecule has 0 saturated heterocycles. The van der Waals surface area contributed by atoms with Gasteiger partial charge in [-0.05, 0) is 30.9 Å². The van der Waals surface area contributed by atoms with Crippen LogP contribution in [0.3, 0.4) is 0 Å². The Kier molecular flexibility index (Phi) is 4.87. The van der Waals surface area contributed by atoms with Crippen LogP contribution < -0.4 is 5.32 Å².